The number of anilines is 1. The number of halogens is 1. The molecule has 1 N–H and O–H groups in total. The average Bonchev–Trinajstić information content (AvgIpc) is 2.73. The first kappa shape index (κ1) is 26.3. The Bertz CT molecular complexity index is 1090. The van der Waals surface area contributed by atoms with E-state index in [9.17, 15) is 22.4 Å². The van der Waals surface area contributed by atoms with Gasteiger partial charge in [0.1, 0.15) is 18.4 Å². The zero-order valence-corrected chi connectivity index (χ0v) is 20.5. The minimum atomic E-state index is -3.80. The van der Waals surface area contributed by atoms with Gasteiger partial charge in [0.05, 0.1) is 11.9 Å². The number of carbonyl (C=O) groups is 2. The normalized spacial score (nSPS) is 12.3. The van der Waals surface area contributed by atoms with Crippen molar-refractivity contribution in [2.24, 2.45) is 5.92 Å². The fraction of sp³-hybridized carbons (Fsp3) is 0.417. The summed E-state index contributed by atoms with van der Waals surface area (Å²) in [4.78, 5) is 27.3. The predicted molar refractivity (Wildman–Crippen MR) is 128 cm³/mol. The van der Waals surface area contributed by atoms with E-state index in [1.165, 1.54) is 23.1 Å². The van der Waals surface area contributed by atoms with Crippen LogP contribution in [0, 0.1) is 18.7 Å². The topological polar surface area (TPSA) is 86.8 Å². The molecule has 0 bridgehead atoms. The van der Waals surface area contributed by atoms with Gasteiger partial charge in [-0.05, 0) is 43.5 Å². The number of carbonyl (C=O) groups excluding carboxylic acids is 2. The molecule has 2 amide bonds. The number of benzene rings is 2. The van der Waals surface area contributed by atoms with Crippen molar-refractivity contribution >= 4 is 27.5 Å². The summed E-state index contributed by atoms with van der Waals surface area (Å²) in [6, 6.07) is 11.8. The molecule has 33 heavy (non-hydrogen) atoms. The van der Waals surface area contributed by atoms with E-state index < -0.39 is 40.2 Å². The van der Waals surface area contributed by atoms with E-state index in [4.69, 9.17) is 0 Å². The maximum absolute atomic E-state index is 14.3. The van der Waals surface area contributed by atoms with Crippen molar-refractivity contribution in [3.8, 4) is 0 Å². The van der Waals surface area contributed by atoms with Gasteiger partial charge in [0.25, 0.3) is 0 Å². The van der Waals surface area contributed by atoms with E-state index >= 15 is 0 Å². The van der Waals surface area contributed by atoms with Crippen molar-refractivity contribution in [3.05, 3.63) is 65.5 Å². The van der Waals surface area contributed by atoms with Crippen LogP contribution in [0.3, 0.4) is 0 Å². The fourth-order valence-electron chi connectivity index (χ4n) is 3.24. The molecule has 0 aliphatic carbocycles. The number of rotatable bonds is 10. The summed E-state index contributed by atoms with van der Waals surface area (Å²) in [6.45, 7) is 6.98. The van der Waals surface area contributed by atoms with E-state index in [2.05, 4.69) is 5.32 Å². The van der Waals surface area contributed by atoms with Gasteiger partial charge < -0.3 is 10.2 Å². The van der Waals surface area contributed by atoms with Gasteiger partial charge in [-0.15, -0.1) is 0 Å². The third-order valence-electron chi connectivity index (χ3n) is 5.12. The Hall–Kier alpha value is -2.94. The second-order valence-corrected chi connectivity index (χ2v) is 10.4. The van der Waals surface area contributed by atoms with E-state index in [0.717, 1.165) is 16.1 Å². The molecule has 2 rings (SSSR count). The van der Waals surface area contributed by atoms with Crippen LogP contribution in [0.5, 0.6) is 0 Å². The average molecular weight is 478 g/mol. The van der Waals surface area contributed by atoms with Crippen molar-refractivity contribution in [1.29, 1.82) is 0 Å². The second kappa shape index (κ2) is 11.3. The Kier molecular flexibility index (Phi) is 8.99. The molecular formula is C24H32FN3O4S. The molecule has 0 aliphatic heterocycles. The molecular weight excluding hydrogens is 445 g/mol. The lowest BCUT2D eigenvalue weighted by Crippen LogP contribution is -2.51. The number of amides is 2. The van der Waals surface area contributed by atoms with Crippen molar-refractivity contribution in [2.45, 2.75) is 40.3 Å². The molecule has 0 saturated heterocycles. The molecule has 0 spiro atoms. The van der Waals surface area contributed by atoms with E-state index in [-0.39, 0.29) is 18.0 Å². The lowest BCUT2D eigenvalue weighted by atomic mass is 10.1. The van der Waals surface area contributed by atoms with Crippen LogP contribution in [0.1, 0.15) is 31.9 Å². The van der Waals surface area contributed by atoms with Crippen molar-refractivity contribution in [1.82, 2.24) is 10.2 Å². The molecule has 2 aromatic carbocycles. The first-order valence-corrected chi connectivity index (χ1v) is 12.6. The Labute approximate surface area is 195 Å². The first-order valence-electron chi connectivity index (χ1n) is 10.7. The molecule has 2 aromatic rings. The highest BCUT2D eigenvalue weighted by Gasteiger charge is 2.30. The summed E-state index contributed by atoms with van der Waals surface area (Å²) in [5.74, 6) is -1.31. The van der Waals surface area contributed by atoms with Crippen LogP contribution in [-0.4, -0.2) is 50.5 Å². The largest absolute Gasteiger partial charge is 0.354 e. The molecule has 0 unspecified atom stereocenters. The molecule has 1 atom stereocenters. The molecule has 9 heteroatoms. The molecule has 0 fully saturated rings. The predicted octanol–water partition coefficient (Wildman–Crippen LogP) is 3.09. The number of nitrogens with one attached hydrogen (secondary N) is 1. The van der Waals surface area contributed by atoms with Gasteiger partial charge in [-0.1, -0.05) is 44.2 Å². The summed E-state index contributed by atoms with van der Waals surface area (Å²) in [5.41, 5.74) is 1.41. The number of hydrogen-bond donors (Lipinski definition) is 1. The molecule has 0 aromatic heterocycles. The molecule has 180 valence electrons. The molecule has 0 aliphatic rings. The highest BCUT2D eigenvalue weighted by Crippen LogP contribution is 2.20. The van der Waals surface area contributed by atoms with Gasteiger partial charge >= 0.3 is 0 Å². The van der Waals surface area contributed by atoms with Crippen LogP contribution < -0.4 is 9.62 Å². The van der Waals surface area contributed by atoms with E-state index in [1.807, 2.05) is 26.8 Å². The Morgan fingerprint density at radius 1 is 1.06 bits per heavy atom. The molecule has 0 saturated carbocycles. The highest BCUT2D eigenvalue weighted by atomic mass is 32.2. The molecule has 7 nitrogen and oxygen atoms in total. The first-order chi connectivity index (χ1) is 15.4. The van der Waals surface area contributed by atoms with Crippen molar-refractivity contribution in [2.75, 3.05) is 23.7 Å². The second-order valence-electron chi connectivity index (χ2n) is 8.54. The third-order valence-corrected chi connectivity index (χ3v) is 6.26. The summed E-state index contributed by atoms with van der Waals surface area (Å²) < 4.78 is 40.4. The van der Waals surface area contributed by atoms with Crippen molar-refractivity contribution in [3.63, 3.8) is 0 Å². The SMILES string of the molecule is Cc1cccc(N(CC(=O)N(Cc2ccccc2F)[C@H](C)C(=O)NCC(C)C)S(C)(=O)=O)c1. The van der Waals surface area contributed by atoms with Crippen molar-refractivity contribution < 1.29 is 22.4 Å². The Morgan fingerprint density at radius 3 is 2.30 bits per heavy atom. The van der Waals surface area contributed by atoms with E-state index in [1.54, 1.807) is 31.2 Å². The lowest BCUT2D eigenvalue weighted by Gasteiger charge is -2.31. The third kappa shape index (κ3) is 7.56. The summed E-state index contributed by atoms with van der Waals surface area (Å²) in [7, 11) is -3.80. The van der Waals surface area contributed by atoms with Crippen LogP contribution >= 0.6 is 0 Å². The number of sulfonamides is 1. The maximum Gasteiger partial charge on any atom is 0.244 e. The van der Waals surface area contributed by atoms with Gasteiger partial charge in [0, 0.05) is 18.7 Å². The summed E-state index contributed by atoms with van der Waals surface area (Å²) in [5, 5.41) is 2.78. The quantitative estimate of drug-likeness (QED) is 0.570. The standard InChI is InChI=1S/C24H32FN3O4S/c1-17(2)14-26-24(30)19(4)27(15-20-10-6-7-12-22(20)25)23(29)16-28(33(5,31)32)21-11-8-9-18(3)13-21/h6-13,17,19H,14-16H2,1-5H3,(H,26,30)/t19-/m1/s1. The van der Waals surface area contributed by atoms with E-state index in [0.29, 0.717) is 12.2 Å². The Balaban J connectivity index is 2.38. The van der Waals surface area contributed by atoms with Crippen LogP contribution in [0.25, 0.3) is 0 Å². The summed E-state index contributed by atoms with van der Waals surface area (Å²) >= 11 is 0. The van der Waals surface area contributed by atoms with Crippen LogP contribution in [0.2, 0.25) is 0 Å². The number of nitrogens with zero attached hydrogens (tertiary/aromatic N) is 2. The summed E-state index contributed by atoms with van der Waals surface area (Å²) in [6.07, 6.45) is 1.02. The maximum atomic E-state index is 14.3. The monoisotopic (exact) mass is 477 g/mol. The number of aryl methyl sites for hydroxylation is 1. The Morgan fingerprint density at radius 2 is 1.73 bits per heavy atom. The zero-order valence-electron chi connectivity index (χ0n) is 19.7. The number of hydrogen-bond acceptors (Lipinski definition) is 4. The van der Waals surface area contributed by atoms with Crippen LogP contribution in [0.15, 0.2) is 48.5 Å². The van der Waals surface area contributed by atoms with Gasteiger partial charge in [-0.2, -0.15) is 0 Å². The fourth-order valence-corrected chi connectivity index (χ4v) is 4.08. The van der Waals surface area contributed by atoms with Gasteiger partial charge in [0.2, 0.25) is 21.8 Å². The molecule has 0 heterocycles. The molecule has 0 radical (unpaired) electrons. The minimum Gasteiger partial charge on any atom is -0.354 e. The zero-order chi connectivity index (χ0) is 24.8. The van der Waals surface area contributed by atoms with Crippen LogP contribution in [0.4, 0.5) is 10.1 Å². The van der Waals surface area contributed by atoms with Gasteiger partial charge in [-0.25, -0.2) is 12.8 Å². The lowest BCUT2D eigenvalue weighted by molar-refractivity contribution is -0.139. The van der Waals surface area contributed by atoms with Gasteiger partial charge in [0.15, 0.2) is 0 Å². The van der Waals surface area contributed by atoms with Crippen LogP contribution in [-0.2, 0) is 26.2 Å². The minimum absolute atomic E-state index is 0.173. The smallest absolute Gasteiger partial charge is 0.244 e. The highest BCUT2D eigenvalue weighted by molar-refractivity contribution is 7.92. The van der Waals surface area contributed by atoms with Gasteiger partial charge in [-0.3, -0.25) is 13.9 Å².